The van der Waals surface area contributed by atoms with Gasteiger partial charge in [0.2, 0.25) is 5.91 Å². The lowest BCUT2D eigenvalue weighted by Gasteiger charge is -2.41. The molecule has 0 bridgehead atoms. The number of aromatic nitrogens is 2. The van der Waals surface area contributed by atoms with Gasteiger partial charge in [0.1, 0.15) is 11.9 Å². The van der Waals surface area contributed by atoms with E-state index in [2.05, 4.69) is 54.2 Å². The molecule has 2 aliphatic rings. The summed E-state index contributed by atoms with van der Waals surface area (Å²) in [5.74, 6) is 1.29. The first-order valence-corrected chi connectivity index (χ1v) is 11.1. The van der Waals surface area contributed by atoms with Crippen molar-refractivity contribution in [3.05, 3.63) is 70.7 Å². The number of rotatable bonds is 4. The van der Waals surface area contributed by atoms with E-state index in [1.807, 2.05) is 19.3 Å². The molecule has 0 spiro atoms. The molecule has 0 saturated carbocycles. The van der Waals surface area contributed by atoms with Crippen LogP contribution in [-0.2, 0) is 4.79 Å². The smallest absolute Gasteiger partial charge is 0.239 e. The molecule has 0 radical (unpaired) electrons. The minimum Gasteiger partial charge on any atom is -0.369 e. The Labute approximate surface area is 181 Å². The fourth-order valence-corrected chi connectivity index (χ4v) is 5.49. The van der Waals surface area contributed by atoms with Gasteiger partial charge in [0.25, 0.3) is 0 Å². The highest BCUT2D eigenvalue weighted by molar-refractivity contribution is 8.03. The van der Waals surface area contributed by atoms with Gasteiger partial charge in [-0.1, -0.05) is 44.2 Å². The molecular formula is C23H27N5OS. The molecule has 156 valence electrons. The van der Waals surface area contributed by atoms with E-state index in [0.717, 1.165) is 21.8 Å². The zero-order valence-corrected chi connectivity index (χ0v) is 18.6. The normalized spacial score (nSPS) is 26.7. The van der Waals surface area contributed by atoms with Crippen LogP contribution in [0, 0.1) is 0 Å². The highest BCUT2D eigenvalue weighted by atomic mass is 32.2. The monoisotopic (exact) mass is 421 g/mol. The molecule has 2 aromatic rings. The van der Waals surface area contributed by atoms with Gasteiger partial charge in [-0.15, -0.1) is 11.8 Å². The van der Waals surface area contributed by atoms with E-state index in [4.69, 9.17) is 10.7 Å². The molecule has 3 atom stereocenters. The first-order chi connectivity index (χ1) is 14.3. The van der Waals surface area contributed by atoms with Crippen LogP contribution in [0.5, 0.6) is 0 Å². The second-order valence-corrected chi connectivity index (χ2v) is 9.45. The number of hydrogen-bond donors (Lipinski definition) is 1. The number of nitrogens with zero attached hydrogens (tertiary/aromatic N) is 4. The Hall–Kier alpha value is -2.67. The van der Waals surface area contributed by atoms with E-state index in [-0.39, 0.29) is 17.8 Å². The van der Waals surface area contributed by atoms with Crippen molar-refractivity contribution in [1.82, 2.24) is 14.9 Å². The zero-order valence-electron chi connectivity index (χ0n) is 17.7. The Bertz CT molecular complexity index is 1000. The molecule has 1 amide bonds. The van der Waals surface area contributed by atoms with Crippen LogP contribution in [0.1, 0.15) is 55.2 Å². The largest absolute Gasteiger partial charge is 0.369 e. The van der Waals surface area contributed by atoms with E-state index in [9.17, 15) is 4.79 Å². The number of aliphatic imine (C=N–C) groups is 1. The third kappa shape index (κ3) is 3.51. The van der Waals surface area contributed by atoms with Crippen molar-refractivity contribution in [2.24, 2.45) is 10.7 Å². The predicted octanol–water partition coefficient (Wildman–Crippen LogP) is 3.64. The summed E-state index contributed by atoms with van der Waals surface area (Å²) in [6.45, 7) is 6.35. The van der Waals surface area contributed by atoms with Crippen molar-refractivity contribution in [3.8, 4) is 0 Å². The van der Waals surface area contributed by atoms with E-state index in [1.54, 1.807) is 18.8 Å². The van der Waals surface area contributed by atoms with Gasteiger partial charge in [-0.05, 0) is 29.5 Å². The molecular weight excluding hydrogens is 394 g/mol. The van der Waals surface area contributed by atoms with Crippen LogP contribution in [0.4, 0.5) is 0 Å². The molecule has 2 aliphatic heterocycles. The molecule has 1 aromatic carbocycles. The topological polar surface area (TPSA) is 84.5 Å². The molecule has 4 rings (SSSR count). The van der Waals surface area contributed by atoms with Crippen LogP contribution in [-0.4, -0.2) is 45.1 Å². The minimum absolute atomic E-state index is 0.0321. The van der Waals surface area contributed by atoms with Gasteiger partial charge in [0.05, 0.1) is 5.92 Å². The number of carbonyl (C=O) groups is 1. The average molecular weight is 422 g/mol. The van der Waals surface area contributed by atoms with Crippen LogP contribution in [0.3, 0.4) is 0 Å². The minimum atomic E-state index is -0.748. The first kappa shape index (κ1) is 20.6. The lowest BCUT2D eigenvalue weighted by molar-refractivity contribution is -0.129. The van der Waals surface area contributed by atoms with Crippen LogP contribution >= 0.6 is 11.8 Å². The van der Waals surface area contributed by atoms with E-state index < -0.39 is 11.5 Å². The van der Waals surface area contributed by atoms with E-state index >= 15 is 0 Å². The fourth-order valence-electron chi connectivity index (χ4n) is 4.13. The first-order valence-electron chi connectivity index (χ1n) is 10.1. The van der Waals surface area contributed by atoms with Crippen LogP contribution in [0.15, 0.2) is 59.0 Å². The molecule has 0 fully saturated rings. The number of allylic oxidation sites excluding steroid dienone is 1. The quantitative estimate of drug-likeness (QED) is 0.815. The Kier molecular flexibility index (Phi) is 5.40. The van der Waals surface area contributed by atoms with E-state index in [1.165, 1.54) is 16.8 Å². The summed E-state index contributed by atoms with van der Waals surface area (Å²) in [4.78, 5) is 29.1. The summed E-state index contributed by atoms with van der Waals surface area (Å²) in [5.41, 5.74) is 8.69. The molecule has 7 heteroatoms. The van der Waals surface area contributed by atoms with Gasteiger partial charge in [-0.3, -0.25) is 9.69 Å². The third-order valence-electron chi connectivity index (χ3n) is 6.05. The van der Waals surface area contributed by atoms with Crippen LogP contribution in [0.2, 0.25) is 0 Å². The number of likely N-dealkylation sites (N-methyl/N-ethyl adjacent to an activating group) is 1. The van der Waals surface area contributed by atoms with Crippen molar-refractivity contribution < 1.29 is 4.79 Å². The summed E-state index contributed by atoms with van der Waals surface area (Å²) >= 11 is 1.73. The SMILES string of the molecule is CC(C)c1ccc([C@@H]2C(=O)N(C)C(N)=N[C@]2(C)C2=CC(c3cncnc3)CS2)cc1. The maximum absolute atomic E-state index is 13.4. The maximum Gasteiger partial charge on any atom is 0.239 e. The summed E-state index contributed by atoms with van der Waals surface area (Å²) in [6.07, 6.45) is 7.43. The molecule has 30 heavy (non-hydrogen) atoms. The van der Waals surface area contributed by atoms with Crippen molar-refractivity contribution in [3.63, 3.8) is 0 Å². The highest BCUT2D eigenvalue weighted by Gasteiger charge is 2.49. The Morgan fingerprint density at radius 3 is 2.47 bits per heavy atom. The van der Waals surface area contributed by atoms with Crippen molar-refractivity contribution in [1.29, 1.82) is 0 Å². The standard InChI is InChI=1S/C23H27N5OS/c1-14(2)15-5-7-16(8-6-15)20-21(29)28(4)22(24)27-23(20,3)19-9-17(12-30-19)18-10-25-13-26-11-18/h5-11,13-14,17,20H,12H2,1-4H3,(H2,24,27)/t17?,20-,23-/m1/s1. The zero-order chi connectivity index (χ0) is 21.5. The number of nitrogens with two attached hydrogens (primary N) is 1. The lowest BCUT2D eigenvalue weighted by atomic mass is 9.77. The summed E-state index contributed by atoms with van der Waals surface area (Å²) in [7, 11) is 1.69. The number of amides is 1. The van der Waals surface area contributed by atoms with Crippen LogP contribution < -0.4 is 5.73 Å². The molecule has 1 aromatic heterocycles. The Morgan fingerprint density at radius 1 is 1.17 bits per heavy atom. The second kappa shape index (κ2) is 7.87. The van der Waals surface area contributed by atoms with Gasteiger partial charge >= 0.3 is 0 Å². The third-order valence-corrected chi connectivity index (χ3v) is 7.43. The lowest BCUT2D eigenvalue weighted by Crippen LogP contribution is -2.54. The van der Waals surface area contributed by atoms with Gasteiger partial charge < -0.3 is 5.73 Å². The van der Waals surface area contributed by atoms with Gasteiger partial charge in [-0.25, -0.2) is 15.0 Å². The van der Waals surface area contributed by atoms with Crippen LogP contribution in [0.25, 0.3) is 0 Å². The van der Waals surface area contributed by atoms with Crippen molar-refractivity contribution >= 4 is 23.6 Å². The molecule has 0 aliphatic carbocycles. The summed E-state index contributed by atoms with van der Waals surface area (Å²) in [6, 6.07) is 8.33. The second-order valence-electron chi connectivity index (χ2n) is 8.39. The predicted molar refractivity (Wildman–Crippen MR) is 121 cm³/mol. The number of carbonyl (C=O) groups excluding carboxylic acids is 1. The summed E-state index contributed by atoms with van der Waals surface area (Å²) in [5, 5.41) is 0. The average Bonchev–Trinajstić information content (AvgIpc) is 3.24. The van der Waals surface area contributed by atoms with Gasteiger partial charge in [0.15, 0.2) is 5.96 Å². The van der Waals surface area contributed by atoms with Crippen molar-refractivity contribution in [2.45, 2.75) is 44.1 Å². The number of thioether (sulfide) groups is 1. The van der Waals surface area contributed by atoms with Gasteiger partial charge in [-0.2, -0.15) is 0 Å². The molecule has 6 nitrogen and oxygen atoms in total. The maximum atomic E-state index is 13.4. The molecule has 3 heterocycles. The fraction of sp³-hybridized carbons (Fsp3) is 0.391. The Balaban J connectivity index is 1.77. The number of benzene rings is 1. The number of guanidine groups is 1. The van der Waals surface area contributed by atoms with E-state index in [0.29, 0.717) is 5.92 Å². The van der Waals surface area contributed by atoms with Crippen molar-refractivity contribution in [2.75, 3.05) is 12.8 Å². The van der Waals surface area contributed by atoms with Gasteiger partial charge in [0, 0.05) is 36.0 Å². The number of hydrogen-bond acceptors (Lipinski definition) is 6. The Morgan fingerprint density at radius 2 is 1.83 bits per heavy atom. The summed E-state index contributed by atoms with van der Waals surface area (Å²) < 4.78 is 0. The molecule has 0 saturated heterocycles. The highest BCUT2D eigenvalue weighted by Crippen LogP contribution is 2.50. The molecule has 1 unspecified atom stereocenters. The molecule has 2 N–H and O–H groups in total.